The molecule has 1 fully saturated rings. The van der Waals surface area contributed by atoms with Crippen LogP contribution in [0.15, 0.2) is 4.99 Å². The van der Waals surface area contributed by atoms with Gasteiger partial charge in [-0.2, -0.15) is 5.26 Å². The summed E-state index contributed by atoms with van der Waals surface area (Å²) >= 11 is 0. The van der Waals surface area contributed by atoms with Crippen LogP contribution in [0.3, 0.4) is 0 Å². The maximum Gasteiger partial charge on any atom is 0.204 e. The van der Waals surface area contributed by atoms with Crippen molar-refractivity contribution in [1.29, 1.82) is 5.26 Å². The van der Waals surface area contributed by atoms with Crippen LogP contribution in [0.2, 0.25) is 0 Å². The van der Waals surface area contributed by atoms with E-state index in [1.807, 2.05) is 0 Å². The number of nitrogens with zero attached hydrogens (tertiary/aromatic N) is 3. The molecule has 0 saturated heterocycles. The third-order valence-electron chi connectivity index (χ3n) is 2.52. The van der Waals surface area contributed by atoms with Crippen LogP contribution in [0.1, 0.15) is 32.1 Å². The quantitative estimate of drug-likeness (QED) is 0.284. The molecule has 0 spiro atoms. The lowest BCUT2D eigenvalue weighted by molar-refractivity contribution is 0.306. The molecule has 1 aliphatic carbocycles. The third kappa shape index (κ3) is 2.35. The number of guanidine groups is 1. The van der Waals surface area contributed by atoms with E-state index in [4.69, 9.17) is 11.0 Å². The number of hydrogen-bond donors (Lipinski definition) is 1. The summed E-state index contributed by atoms with van der Waals surface area (Å²) in [4.78, 5) is 5.37. The largest absolute Gasteiger partial charge is 0.369 e. The van der Waals surface area contributed by atoms with E-state index in [0.717, 1.165) is 12.8 Å². The van der Waals surface area contributed by atoms with Gasteiger partial charge >= 0.3 is 0 Å². The number of rotatable bonds is 1. The topological polar surface area (TPSA) is 65.4 Å². The van der Waals surface area contributed by atoms with Crippen LogP contribution in [0.4, 0.5) is 0 Å². The molecule has 4 nitrogen and oxygen atoms in total. The summed E-state index contributed by atoms with van der Waals surface area (Å²) < 4.78 is 0. The van der Waals surface area contributed by atoms with Crippen LogP contribution in [0.5, 0.6) is 0 Å². The highest BCUT2D eigenvalue weighted by Crippen LogP contribution is 2.21. The summed E-state index contributed by atoms with van der Waals surface area (Å²) in [6.45, 7) is 0. The Morgan fingerprint density at radius 3 is 2.54 bits per heavy atom. The minimum Gasteiger partial charge on any atom is -0.369 e. The molecular formula is C9H16N4. The van der Waals surface area contributed by atoms with Crippen LogP contribution in [-0.2, 0) is 0 Å². The molecule has 0 aromatic rings. The summed E-state index contributed by atoms with van der Waals surface area (Å²) in [6.07, 6.45) is 7.88. The minimum absolute atomic E-state index is 0.280. The van der Waals surface area contributed by atoms with Gasteiger partial charge in [0.2, 0.25) is 5.96 Å². The van der Waals surface area contributed by atoms with Gasteiger partial charge in [-0.1, -0.05) is 19.3 Å². The van der Waals surface area contributed by atoms with E-state index in [2.05, 4.69) is 11.2 Å². The first-order chi connectivity index (χ1) is 6.29. The normalized spacial score (nSPS) is 19.5. The van der Waals surface area contributed by atoms with E-state index >= 15 is 0 Å². The molecule has 0 atom stereocenters. The first-order valence-electron chi connectivity index (χ1n) is 4.71. The molecule has 0 bridgehead atoms. The smallest absolute Gasteiger partial charge is 0.204 e. The average Bonchev–Trinajstić information content (AvgIpc) is 2.20. The van der Waals surface area contributed by atoms with E-state index in [0.29, 0.717) is 5.96 Å². The van der Waals surface area contributed by atoms with Crippen LogP contribution in [0.25, 0.3) is 0 Å². The number of hydrogen-bond acceptors (Lipinski definition) is 2. The molecule has 2 N–H and O–H groups in total. The van der Waals surface area contributed by atoms with Crippen LogP contribution < -0.4 is 5.73 Å². The van der Waals surface area contributed by atoms with Gasteiger partial charge in [-0.25, -0.2) is 4.90 Å². The van der Waals surface area contributed by atoms with E-state index in [1.54, 1.807) is 11.9 Å². The van der Waals surface area contributed by atoms with Crippen molar-refractivity contribution in [3.05, 3.63) is 0 Å². The molecule has 0 aromatic heterocycles. The summed E-state index contributed by atoms with van der Waals surface area (Å²) in [5.41, 5.74) is 5.61. The molecule has 0 radical (unpaired) electrons. The Bertz CT molecular complexity index is 222. The fourth-order valence-corrected chi connectivity index (χ4v) is 1.77. The van der Waals surface area contributed by atoms with Gasteiger partial charge in [-0.15, -0.1) is 0 Å². The second-order valence-corrected chi connectivity index (χ2v) is 3.34. The lowest BCUT2D eigenvalue weighted by Crippen LogP contribution is -2.42. The van der Waals surface area contributed by atoms with Gasteiger partial charge in [-0.3, -0.25) is 4.99 Å². The van der Waals surface area contributed by atoms with Gasteiger partial charge in [0.1, 0.15) is 0 Å². The molecule has 0 aliphatic heterocycles. The fraction of sp³-hybridized carbons (Fsp3) is 0.778. The average molecular weight is 180 g/mol. The zero-order valence-electron chi connectivity index (χ0n) is 8.03. The zero-order valence-corrected chi connectivity index (χ0v) is 8.03. The van der Waals surface area contributed by atoms with Crippen LogP contribution in [-0.4, -0.2) is 23.9 Å². The Kier molecular flexibility index (Phi) is 3.56. The van der Waals surface area contributed by atoms with Crippen LogP contribution in [0, 0.1) is 11.5 Å². The van der Waals surface area contributed by atoms with Crippen LogP contribution >= 0.6 is 0 Å². The summed E-state index contributed by atoms with van der Waals surface area (Å²) in [5, 5.41) is 8.89. The first-order valence-corrected chi connectivity index (χ1v) is 4.71. The molecule has 13 heavy (non-hydrogen) atoms. The summed E-state index contributed by atoms with van der Waals surface area (Å²) in [5.74, 6) is 0.342. The molecular weight excluding hydrogens is 164 g/mol. The highest BCUT2D eigenvalue weighted by atomic mass is 15.3. The predicted octanol–water partition coefficient (Wildman–Crippen LogP) is 1.05. The molecule has 72 valence electrons. The van der Waals surface area contributed by atoms with Gasteiger partial charge in [0.25, 0.3) is 0 Å². The highest BCUT2D eigenvalue weighted by Gasteiger charge is 2.22. The highest BCUT2D eigenvalue weighted by molar-refractivity contribution is 5.79. The SMILES string of the molecule is CN=C(N)N(C#N)C1CCCCC1. The maximum atomic E-state index is 8.89. The van der Waals surface area contributed by atoms with E-state index in [9.17, 15) is 0 Å². The second-order valence-electron chi connectivity index (χ2n) is 3.34. The van der Waals surface area contributed by atoms with E-state index < -0.39 is 0 Å². The molecule has 4 heteroatoms. The number of nitrogens with two attached hydrogens (primary N) is 1. The third-order valence-corrected chi connectivity index (χ3v) is 2.52. The molecule has 0 unspecified atom stereocenters. The first kappa shape index (κ1) is 9.85. The van der Waals surface area contributed by atoms with Crippen molar-refractivity contribution in [1.82, 2.24) is 4.90 Å². The molecule has 1 aliphatic rings. The van der Waals surface area contributed by atoms with E-state index in [-0.39, 0.29) is 6.04 Å². The Morgan fingerprint density at radius 1 is 1.46 bits per heavy atom. The number of aliphatic imine (C=N–C) groups is 1. The van der Waals surface area contributed by atoms with Gasteiger partial charge in [0.15, 0.2) is 6.19 Å². The van der Waals surface area contributed by atoms with Gasteiger partial charge < -0.3 is 5.73 Å². The fourth-order valence-electron chi connectivity index (χ4n) is 1.77. The molecule has 1 rings (SSSR count). The van der Waals surface area contributed by atoms with Crippen molar-refractivity contribution in [2.75, 3.05) is 7.05 Å². The molecule has 0 aromatic carbocycles. The molecule has 0 heterocycles. The van der Waals surface area contributed by atoms with Crippen molar-refractivity contribution in [2.24, 2.45) is 10.7 Å². The summed E-state index contributed by atoms with van der Waals surface area (Å²) in [7, 11) is 1.61. The van der Waals surface area contributed by atoms with Crippen molar-refractivity contribution >= 4 is 5.96 Å². The van der Waals surface area contributed by atoms with Crippen molar-refractivity contribution in [3.63, 3.8) is 0 Å². The Balaban J connectivity index is 2.60. The minimum atomic E-state index is 0.280. The molecule has 1 saturated carbocycles. The monoisotopic (exact) mass is 180 g/mol. The Hall–Kier alpha value is -1.24. The van der Waals surface area contributed by atoms with Crippen molar-refractivity contribution in [3.8, 4) is 6.19 Å². The van der Waals surface area contributed by atoms with Crippen molar-refractivity contribution < 1.29 is 0 Å². The Morgan fingerprint density at radius 2 is 2.08 bits per heavy atom. The van der Waals surface area contributed by atoms with Gasteiger partial charge in [0, 0.05) is 13.1 Å². The lowest BCUT2D eigenvalue weighted by atomic mass is 9.95. The number of nitriles is 1. The standard InChI is InChI=1S/C9H16N4/c1-12-9(11)13(7-10)8-5-3-2-4-6-8/h8H,2-6H2,1H3,(H2,11,12). The molecule has 0 amide bonds. The maximum absolute atomic E-state index is 8.89. The van der Waals surface area contributed by atoms with Gasteiger partial charge in [-0.05, 0) is 12.8 Å². The lowest BCUT2D eigenvalue weighted by Gasteiger charge is -2.28. The summed E-state index contributed by atoms with van der Waals surface area (Å²) in [6, 6.07) is 0.280. The van der Waals surface area contributed by atoms with Crippen molar-refractivity contribution in [2.45, 2.75) is 38.1 Å². The Labute approximate surface area is 79.0 Å². The zero-order chi connectivity index (χ0) is 9.68. The second kappa shape index (κ2) is 4.70. The predicted molar refractivity (Wildman–Crippen MR) is 51.9 cm³/mol. The van der Waals surface area contributed by atoms with Gasteiger partial charge in [0.05, 0.1) is 0 Å². The van der Waals surface area contributed by atoms with E-state index in [1.165, 1.54) is 19.3 Å².